The third-order valence-corrected chi connectivity index (χ3v) is 3.05. The molecular weight excluding hydrogens is 210 g/mol. The summed E-state index contributed by atoms with van der Waals surface area (Å²) in [6, 6.07) is 3.44. The van der Waals surface area contributed by atoms with Gasteiger partial charge in [-0.05, 0) is 30.0 Å². The Morgan fingerprint density at radius 1 is 1.40 bits per heavy atom. The first-order valence-electron chi connectivity index (χ1n) is 4.42. The topological polar surface area (TPSA) is 50.2 Å². The predicted molar refractivity (Wildman–Crippen MR) is 59.2 cm³/mol. The molecule has 0 aliphatic carbocycles. The van der Waals surface area contributed by atoms with E-state index in [0.717, 1.165) is 10.4 Å². The molecule has 2 rings (SSSR count). The van der Waals surface area contributed by atoms with E-state index in [0.29, 0.717) is 11.1 Å². The fourth-order valence-electron chi connectivity index (χ4n) is 1.46. The molecule has 2 aromatic rings. The summed E-state index contributed by atoms with van der Waals surface area (Å²) in [5.41, 5.74) is 1.93. The van der Waals surface area contributed by atoms with Gasteiger partial charge in [0.15, 0.2) is 0 Å². The molecule has 0 amide bonds. The number of carbonyl (C=O) groups is 1. The Hall–Kier alpha value is -1.68. The van der Waals surface area contributed by atoms with Crippen molar-refractivity contribution < 1.29 is 9.90 Å². The van der Waals surface area contributed by atoms with Crippen LogP contribution in [-0.2, 0) is 0 Å². The number of carboxylic acid groups (broad SMARTS) is 1. The van der Waals surface area contributed by atoms with Gasteiger partial charge in [-0.25, -0.2) is 4.79 Å². The van der Waals surface area contributed by atoms with Crippen LogP contribution < -0.4 is 0 Å². The standard InChI is InChI=1S/C11H9NO2S/c1-7-8(3-5-15-7)10-6-12-4-2-9(10)11(13)14/h2-6H,1H3,(H,13,14). The van der Waals surface area contributed by atoms with Crippen LogP contribution in [0.1, 0.15) is 15.2 Å². The quantitative estimate of drug-likeness (QED) is 0.844. The second-order valence-corrected chi connectivity index (χ2v) is 4.24. The molecule has 0 saturated carbocycles. The van der Waals surface area contributed by atoms with Crippen molar-refractivity contribution in [1.82, 2.24) is 4.98 Å². The van der Waals surface area contributed by atoms with E-state index < -0.39 is 5.97 Å². The van der Waals surface area contributed by atoms with Gasteiger partial charge in [-0.1, -0.05) is 0 Å². The van der Waals surface area contributed by atoms with Crippen LogP contribution in [-0.4, -0.2) is 16.1 Å². The fourth-order valence-corrected chi connectivity index (χ4v) is 2.17. The number of aromatic nitrogens is 1. The predicted octanol–water partition coefficient (Wildman–Crippen LogP) is 2.82. The monoisotopic (exact) mass is 219 g/mol. The second-order valence-electron chi connectivity index (χ2n) is 3.12. The molecule has 76 valence electrons. The fraction of sp³-hybridized carbons (Fsp3) is 0.0909. The Morgan fingerprint density at radius 3 is 2.80 bits per heavy atom. The molecule has 0 bridgehead atoms. The van der Waals surface area contributed by atoms with Crippen LogP contribution in [0.4, 0.5) is 0 Å². The van der Waals surface area contributed by atoms with Crippen molar-refractivity contribution in [3.63, 3.8) is 0 Å². The van der Waals surface area contributed by atoms with Crippen LogP contribution in [0.3, 0.4) is 0 Å². The number of hydrogen-bond acceptors (Lipinski definition) is 3. The number of nitrogens with zero attached hydrogens (tertiary/aromatic N) is 1. The first-order chi connectivity index (χ1) is 7.20. The van der Waals surface area contributed by atoms with Gasteiger partial charge in [0, 0.05) is 22.8 Å². The van der Waals surface area contributed by atoms with Crippen molar-refractivity contribution in [2.45, 2.75) is 6.92 Å². The molecule has 0 aromatic carbocycles. The molecule has 4 heteroatoms. The zero-order valence-corrected chi connectivity index (χ0v) is 8.91. The summed E-state index contributed by atoms with van der Waals surface area (Å²) < 4.78 is 0. The maximum atomic E-state index is 11.0. The molecule has 1 N–H and O–H groups in total. The minimum Gasteiger partial charge on any atom is -0.478 e. The highest BCUT2D eigenvalue weighted by molar-refractivity contribution is 7.10. The zero-order chi connectivity index (χ0) is 10.8. The van der Waals surface area contributed by atoms with E-state index in [9.17, 15) is 4.79 Å². The van der Waals surface area contributed by atoms with Crippen molar-refractivity contribution in [2.75, 3.05) is 0 Å². The van der Waals surface area contributed by atoms with E-state index in [2.05, 4.69) is 4.98 Å². The van der Waals surface area contributed by atoms with E-state index in [1.807, 2.05) is 18.4 Å². The van der Waals surface area contributed by atoms with Gasteiger partial charge >= 0.3 is 5.97 Å². The SMILES string of the molecule is Cc1sccc1-c1cnccc1C(=O)O. The number of hydrogen-bond donors (Lipinski definition) is 1. The van der Waals surface area contributed by atoms with Gasteiger partial charge < -0.3 is 5.11 Å². The Balaban J connectivity index is 2.63. The average Bonchev–Trinajstić information content (AvgIpc) is 2.64. The molecule has 2 heterocycles. The Kier molecular flexibility index (Phi) is 2.51. The Labute approximate surface area is 91.0 Å². The molecule has 0 fully saturated rings. The van der Waals surface area contributed by atoms with Crippen LogP contribution >= 0.6 is 11.3 Å². The van der Waals surface area contributed by atoms with E-state index in [1.165, 1.54) is 12.3 Å². The van der Waals surface area contributed by atoms with Crippen LogP contribution in [0.15, 0.2) is 29.9 Å². The van der Waals surface area contributed by atoms with Crippen LogP contribution in [0, 0.1) is 6.92 Å². The minimum atomic E-state index is -0.919. The van der Waals surface area contributed by atoms with Crippen LogP contribution in [0.2, 0.25) is 0 Å². The Morgan fingerprint density at radius 2 is 2.20 bits per heavy atom. The summed E-state index contributed by atoms with van der Waals surface area (Å²) in [5.74, 6) is -0.919. The maximum Gasteiger partial charge on any atom is 0.336 e. The lowest BCUT2D eigenvalue weighted by atomic mass is 10.0. The van der Waals surface area contributed by atoms with Crippen molar-refractivity contribution in [3.8, 4) is 11.1 Å². The van der Waals surface area contributed by atoms with Crippen LogP contribution in [0.5, 0.6) is 0 Å². The zero-order valence-electron chi connectivity index (χ0n) is 8.10. The maximum absolute atomic E-state index is 11.0. The lowest BCUT2D eigenvalue weighted by Gasteiger charge is -2.03. The first kappa shape index (κ1) is 9.86. The summed E-state index contributed by atoms with van der Waals surface area (Å²) in [6.45, 7) is 1.97. The van der Waals surface area contributed by atoms with Gasteiger partial charge in [0.25, 0.3) is 0 Å². The third-order valence-electron chi connectivity index (χ3n) is 2.20. The van der Waals surface area contributed by atoms with Gasteiger partial charge in [0.1, 0.15) is 0 Å². The van der Waals surface area contributed by atoms with Crippen molar-refractivity contribution >= 4 is 17.3 Å². The van der Waals surface area contributed by atoms with Crippen LogP contribution in [0.25, 0.3) is 11.1 Å². The highest BCUT2D eigenvalue weighted by Crippen LogP contribution is 2.29. The van der Waals surface area contributed by atoms with Gasteiger partial charge in [0.05, 0.1) is 5.56 Å². The molecule has 0 radical (unpaired) electrons. The van der Waals surface area contributed by atoms with Crippen molar-refractivity contribution in [2.24, 2.45) is 0 Å². The normalized spacial score (nSPS) is 10.2. The number of aryl methyl sites for hydroxylation is 1. The molecule has 0 aliphatic rings. The number of thiophene rings is 1. The summed E-state index contributed by atoms with van der Waals surface area (Å²) in [6.07, 6.45) is 3.09. The molecule has 0 atom stereocenters. The van der Waals surface area contributed by atoms with Gasteiger partial charge in [-0.3, -0.25) is 4.98 Å². The minimum absolute atomic E-state index is 0.298. The third kappa shape index (κ3) is 1.76. The van der Waals surface area contributed by atoms with Gasteiger partial charge in [-0.15, -0.1) is 11.3 Å². The van der Waals surface area contributed by atoms with Gasteiger partial charge in [0.2, 0.25) is 0 Å². The number of pyridine rings is 1. The lowest BCUT2D eigenvalue weighted by molar-refractivity contribution is 0.0697. The lowest BCUT2D eigenvalue weighted by Crippen LogP contribution is -1.99. The smallest absolute Gasteiger partial charge is 0.336 e. The van der Waals surface area contributed by atoms with Crippen molar-refractivity contribution in [3.05, 3.63) is 40.3 Å². The summed E-state index contributed by atoms with van der Waals surface area (Å²) >= 11 is 1.60. The second kappa shape index (κ2) is 3.82. The molecule has 15 heavy (non-hydrogen) atoms. The molecule has 0 aliphatic heterocycles. The summed E-state index contributed by atoms with van der Waals surface area (Å²) in [7, 11) is 0. The molecular formula is C11H9NO2S. The number of rotatable bonds is 2. The van der Waals surface area contributed by atoms with E-state index in [-0.39, 0.29) is 0 Å². The largest absolute Gasteiger partial charge is 0.478 e. The summed E-state index contributed by atoms with van der Waals surface area (Å²) in [5, 5.41) is 11.0. The molecule has 3 nitrogen and oxygen atoms in total. The van der Waals surface area contributed by atoms with Gasteiger partial charge in [-0.2, -0.15) is 0 Å². The average molecular weight is 219 g/mol. The highest BCUT2D eigenvalue weighted by Gasteiger charge is 2.13. The molecule has 2 aromatic heterocycles. The molecule has 0 saturated heterocycles. The molecule has 0 spiro atoms. The van der Waals surface area contributed by atoms with E-state index in [1.54, 1.807) is 17.5 Å². The number of aromatic carboxylic acids is 1. The number of carboxylic acids is 1. The summed E-state index contributed by atoms with van der Waals surface area (Å²) in [4.78, 5) is 16.1. The highest BCUT2D eigenvalue weighted by atomic mass is 32.1. The Bertz CT molecular complexity index is 505. The van der Waals surface area contributed by atoms with Crippen molar-refractivity contribution in [1.29, 1.82) is 0 Å². The van der Waals surface area contributed by atoms with E-state index in [4.69, 9.17) is 5.11 Å². The molecule has 0 unspecified atom stereocenters. The van der Waals surface area contributed by atoms with E-state index >= 15 is 0 Å². The first-order valence-corrected chi connectivity index (χ1v) is 5.30.